The highest BCUT2D eigenvalue weighted by molar-refractivity contribution is 6.39. The number of cyclic esters (lactones) is 1. The Kier molecular flexibility index (Phi) is 21.7. The maximum Gasteiger partial charge on any atom is 0.329 e. The molecule has 15 atom stereocenters. The lowest BCUT2D eigenvalue weighted by atomic mass is 9.76. The molecule has 13 nitrogen and oxygen atoms in total. The fraction of sp³-hybridized carbons (Fsp3) is 0.755. The van der Waals surface area contributed by atoms with Crippen LogP contribution < -0.4 is 0 Å². The fourth-order valence-corrected chi connectivity index (χ4v) is 10.6. The molecule has 2 N–H and O–H groups in total. The quantitative estimate of drug-likeness (QED) is 0.150. The third-order valence-electron chi connectivity index (χ3n) is 15.1. The van der Waals surface area contributed by atoms with Gasteiger partial charge in [-0.1, -0.05) is 84.4 Å². The van der Waals surface area contributed by atoms with E-state index < -0.39 is 77.8 Å². The van der Waals surface area contributed by atoms with Crippen LogP contribution in [-0.4, -0.2) is 121 Å². The first-order valence-corrected chi connectivity index (χ1v) is 24.7. The zero-order valence-corrected chi connectivity index (χ0v) is 41.9. The number of aliphatic hydroxyl groups is 2. The van der Waals surface area contributed by atoms with Crippen molar-refractivity contribution in [2.45, 2.75) is 187 Å². The van der Waals surface area contributed by atoms with Gasteiger partial charge in [0.15, 0.2) is 5.78 Å². The number of piperidine rings is 1. The van der Waals surface area contributed by atoms with Crippen LogP contribution in [0.1, 0.15) is 139 Å². The topological polar surface area (TPSA) is 175 Å². The van der Waals surface area contributed by atoms with Gasteiger partial charge in [0, 0.05) is 58.5 Å². The van der Waals surface area contributed by atoms with Gasteiger partial charge in [0.1, 0.15) is 30.1 Å². The Labute approximate surface area is 395 Å². The van der Waals surface area contributed by atoms with Crippen LogP contribution in [0.25, 0.3) is 0 Å². The van der Waals surface area contributed by atoms with Crippen molar-refractivity contribution >= 4 is 29.2 Å². The van der Waals surface area contributed by atoms with Gasteiger partial charge in [-0.15, -0.1) is 0 Å². The van der Waals surface area contributed by atoms with Crippen molar-refractivity contribution in [3.63, 3.8) is 0 Å². The summed E-state index contributed by atoms with van der Waals surface area (Å²) in [5.41, 5.74) is 1.30. The lowest BCUT2D eigenvalue weighted by Crippen LogP contribution is -2.59. The summed E-state index contributed by atoms with van der Waals surface area (Å²) < 4.78 is 29.9. The number of ketones is 3. The molecule has 1 amide bonds. The molecule has 3 heterocycles. The number of carbonyl (C=O) groups excluding carboxylic acids is 5. The van der Waals surface area contributed by atoms with E-state index in [1.54, 1.807) is 41.1 Å². The molecule has 1 unspecified atom stereocenters. The van der Waals surface area contributed by atoms with Crippen LogP contribution in [0.2, 0.25) is 0 Å². The number of rotatable bonds is 6. The molecule has 0 aromatic carbocycles. The Balaban J connectivity index is 1.72. The van der Waals surface area contributed by atoms with Crippen molar-refractivity contribution in [1.82, 2.24) is 4.90 Å². The Morgan fingerprint density at radius 1 is 0.833 bits per heavy atom. The number of methoxy groups -OCH3 is 3. The maximum atomic E-state index is 14.4. The summed E-state index contributed by atoms with van der Waals surface area (Å²) >= 11 is 0. The minimum atomic E-state index is -2.43. The van der Waals surface area contributed by atoms with Gasteiger partial charge in [-0.2, -0.15) is 0 Å². The number of amides is 1. The molecule has 0 radical (unpaired) electrons. The number of hydrogen-bond acceptors (Lipinski definition) is 12. The third-order valence-corrected chi connectivity index (χ3v) is 15.1. The largest absolute Gasteiger partial charge is 0.460 e. The minimum absolute atomic E-state index is 0.0294. The second-order valence-corrected chi connectivity index (χ2v) is 20.4. The van der Waals surface area contributed by atoms with Gasteiger partial charge in [-0.25, -0.2) is 4.79 Å². The number of allylic oxidation sites excluding steroid dienone is 6. The average Bonchev–Trinajstić information content (AvgIpc) is 3.44. The summed E-state index contributed by atoms with van der Waals surface area (Å²) in [6.45, 7) is 15.1. The first-order valence-electron chi connectivity index (χ1n) is 24.7. The molecule has 4 rings (SSSR count). The van der Waals surface area contributed by atoms with Gasteiger partial charge in [-0.3, -0.25) is 19.2 Å². The molecule has 0 aromatic rings. The summed E-state index contributed by atoms with van der Waals surface area (Å²) in [5, 5.41) is 23.6. The monoisotopic (exact) mass is 926 g/mol. The standard InChI is InChI=1S/C53H83NO12/c1-32-18-13-12-14-19-33(2)45(63-10)30-41-21-17-20-39(8)53(61,66-41)50(58)51(59)54-25-16-15-22-42(54)52(60)65-46(36(5)28-40-24-23-34(3)44(29-40)62-9)31-43(55)35(4)27-38(7)48(57)49(64-11)47(56)37(6)26-32/h12-14,18-19,27,32,34-37,39-42,44-46,48-49,57,61H,15-17,20-26,28-31H2,1-11H3/b14-12+,18-13+,33-19+,38-27+/t32-,34+,35-,36-,37+,39-,40+,41+,42+,44-,45+,46+,48-,49+,53?/m1/s1. The van der Waals surface area contributed by atoms with Gasteiger partial charge < -0.3 is 38.8 Å². The second kappa shape index (κ2) is 25.9. The number of fused-ring (bicyclic) bond motifs is 3. The molecule has 4 aliphatic rings. The molecule has 13 heteroatoms. The lowest BCUT2D eigenvalue weighted by molar-refractivity contribution is -0.242. The number of carbonyl (C=O) groups is 5. The van der Waals surface area contributed by atoms with E-state index >= 15 is 0 Å². The van der Waals surface area contributed by atoms with Crippen LogP contribution in [0.15, 0.2) is 47.6 Å². The van der Waals surface area contributed by atoms with E-state index in [1.165, 1.54) is 12.0 Å². The van der Waals surface area contributed by atoms with E-state index in [4.69, 9.17) is 23.7 Å². The van der Waals surface area contributed by atoms with Crippen LogP contribution in [0.3, 0.4) is 0 Å². The van der Waals surface area contributed by atoms with Gasteiger partial charge in [0.2, 0.25) is 5.79 Å². The zero-order chi connectivity index (χ0) is 48.9. The number of nitrogens with zero attached hydrogens (tertiary/aromatic N) is 1. The summed E-state index contributed by atoms with van der Waals surface area (Å²) in [5.74, 6) is -7.09. The Morgan fingerprint density at radius 3 is 2.24 bits per heavy atom. The average molecular weight is 926 g/mol. The van der Waals surface area contributed by atoms with Crippen molar-refractivity contribution in [3.05, 3.63) is 47.6 Å². The van der Waals surface area contributed by atoms with E-state index in [0.29, 0.717) is 62.9 Å². The van der Waals surface area contributed by atoms with Crippen molar-refractivity contribution < 1.29 is 57.9 Å². The summed E-state index contributed by atoms with van der Waals surface area (Å²) in [7, 11) is 4.71. The predicted octanol–water partition coefficient (Wildman–Crippen LogP) is 7.85. The molecular formula is C53H83NO12. The Bertz CT molecular complexity index is 1770. The molecule has 3 fully saturated rings. The van der Waals surface area contributed by atoms with Crippen molar-refractivity contribution in [2.24, 2.45) is 41.4 Å². The molecule has 66 heavy (non-hydrogen) atoms. The predicted molar refractivity (Wildman–Crippen MR) is 253 cm³/mol. The van der Waals surface area contributed by atoms with Crippen LogP contribution in [-0.2, 0) is 47.7 Å². The first kappa shape index (κ1) is 55.3. The number of esters is 1. The van der Waals surface area contributed by atoms with Crippen LogP contribution in [0, 0.1) is 41.4 Å². The molecule has 2 saturated heterocycles. The molecule has 1 saturated carbocycles. The van der Waals surface area contributed by atoms with Crippen LogP contribution >= 0.6 is 0 Å². The molecule has 1 aliphatic carbocycles. The molecule has 2 bridgehead atoms. The fourth-order valence-electron chi connectivity index (χ4n) is 10.6. The SMILES string of the molecule is CO[C@H]1C[C@@H]2CCC[C@@H](C)C(O)(O2)C(=O)C(=O)N2CCCC[C@H]2C(=O)O[C@H]([C@H](C)C[C@@H]2CC[C@H](C)[C@H](OC)C2)CC(=O)[C@H](C)/C=C(\C)[C@@H](O)[C@@H](OC)C(=O)[C@@H](C)C[C@H](C)/C=C/C=C/C=C/1C. The minimum Gasteiger partial charge on any atom is -0.460 e. The zero-order valence-electron chi connectivity index (χ0n) is 41.9. The van der Waals surface area contributed by atoms with Crippen molar-refractivity contribution in [1.29, 1.82) is 0 Å². The van der Waals surface area contributed by atoms with Gasteiger partial charge in [-0.05, 0) is 113 Å². The summed E-state index contributed by atoms with van der Waals surface area (Å²) in [6.07, 6.45) is 14.3. The van der Waals surface area contributed by atoms with E-state index in [2.05, 4.69) is 6.92 Å². The van der Waals surface area contributed by atoms with E-state index in [9.17, 15) is 34.2 Å². The summed E-state index contributed by atoms with van der Waals surface area (Å²) in [6, 6.07) is -1.11. The second-order valence-electron chi connectivity index (χ2n) is 20.4. The highest BCUT2D eigenvalue weighted by atomic mass is 16.6. The Morgan fingerprint density at radius 2 is 1.56 bits per heavy atom. The van der Waals surface area contributed by atoms with Gasteiger partial charge in [0.05, 0.1) is 18.3 Å². The van der Waals surface area contributed by atoms with Crippen molar-refractivity contribution in [3.8, 4) is 0 Å². The van der Waals surface area contributed by atoms with Crippen molar-refractivity contribution in [2.75, 3.05) is 27.9 Å². The normalized spacial score (nSPS) is 40.2. The van der Waals surface area contributed by atoms with Gasteiger partial charge >= 0.3 is 5.97 Å². The molecule has 372 valence electrons. The molecule has 3 aliphatic heterocycles. The van der Waals surface area contributed by atoms with E-state index in [0.717, 1.165) is 24.8 Å². The smallest absolute Gasteiger partial charge is 0.329 e. The first-order chi connectivity index (χ1) is 31.2. The number of hydrogen-bond donors (Lipinski definition) is 2. The highest BCUT2D eigenvalue weighted by Crippen LogP contribution is 2.38. The molecular weight excluding hydrogens is 843 g/mol. The lowest BCUT2D eigenvalue weighted by Gasteiger charge is -2.39. The number of ether oxygens (including phenoxy) is 5. The van der Waals surface area contributed by atoms with Gasteiger partial charge in [0.25, 0.3) is 11.7 Å². The molecule has 0 aromatic heterocycles. The van der Waals surface area contributed by atoms with E-state index in [-0.39, 0.29) is 54.8 Å². The Hall–Kier alpha value is -3.33. The number of aliphatic hydroxyl groups excluding tert-OH is 1. The maximum absolute atomic E-state index is 14.4. The third kappa shape index (κ3) is 14.6. The molecule has 0 spiro atoms. The summed E-state index contributed by atoms with van der Waals surface area (Å²) in [4.78, 5) is 72.3. The van der Waals surface area contributed by atoms with Crippen LogP contribution in [0.5, 0.6) is 0 Å². The highest BCUT2D eigenvalue weighted by Gasteiger charge is 2.52. The number of Topliss-reactive ketones (excluding diaryl/α,β-unsaturated/α-hetero) is 3. The van der Waals surface area contributed by atoms with Crippen LogP contribution in [0.4, 0.5) is 0 Å². The van der Waals surface area contributed by atoms with E-state index in [1.807, 2.05) is 58.1 Å².